The fourth-order valence-corrected chi connectivity index (χ4v) is 6.57. The van der Waals surface area contributed by atoms with Crippen LogP contribution in [0.2, 0.25) is 0 Å². The number of aryl methyl sites for hydroxylation is 1. The van der Waals surface area contributed by atoms with Gasteiger partial charge in [-0.3, -0.25) is 0 Å². The van der Waals surface area contributed by atoms with E-state index in [-0.39, 0.29) is 67.8 Å². The van der Waals surface area contributed by atoms with E-state index in [2.05, 4.69) is 135 Å². The molecule has 0 amide bonds. The van der Waals surface area contributed by atoms with Crippen LogP contribution in [-0.2, 0) is 43.5 Å². The molecule has 0 heterocycles. The Hall–Kier alpha value is -1.66. The summed E-state index contributed by atoms with van der Waals surface area (Å²) in [5.74, 6) is 0.278. The van der Waals surface area contributed by atoms with Gasteiger partial charge in [0.2, 0.25) is 0 Å². The first-order valence-electron chi connectivity index (χ1n) is 13.8. The van der Waals surface area contributed by atoms with Gasteiger partial charge < -0.3 is 24.8 Å². The predicted octanol–water partition coefficient (Wildman–Crippen LogP) is 4.16. The zero-order chi connectivity index (χ0) is 26.7. The zero-order valence-corrected chi connectivity index (χ0v) is 29.4. The van der Waals surface area contributed by atoms with E-state index >= 15 is 0 Å². The van der Waals surface area contributed by atoms with Gasteiger partial charge in [-0.15, -0.1) is 0 Å². The van der Waals surface area contributed by atoms with Crippen LogP contribution in [0.4, 0.5) is 0 Å². The van der Waals surface area contributed by atoms with Gasteiger partial charge in [-0.25, -0.2) is 0 Å². The van der Waals surface area contributed by atoms with Crippen LogP contribution in [0.25, 0.3) is 16.7 Å². The van der Waals surface area contributed by atoms with E-state index in [1.54, 1.807) is 0 Å². The first kappa shape index (κ1) is 34.5. The molecule has 3 aromatic rings. The maximum atomic E-state index is 2.47. The van der Waals surface area contributed by atoms with Crippen LogP contribution >= 0.6 is 0 Å². The van der Waals surface area contributed by atoms with Gasteiger partial charge in [0.1, 0.15) is 0 Å². The molecular weight excluding hydrogens is 607 g/mol. The molecule has 0 radical (unpaired) electrons. The molecule has 0 aromatic heterocycles. The molecule has 1 atom stereocenters. The molecule has 0 saturated heterocycles. The van der Waals surface area contributed by atoms with Crippen LogP contribution < -0.4 is 24.8 Å². The van der Waals surface area contributed by atoms with Gasteiger partial charge in [-0.05, 0) is 101 Å². The van der Waals surface area contributed by atoms with Crippen molar-refractivity contribution < 1.29 is 51.0 Å². The van der Waals surface area contributed by atoms with Crippen molar-refractivity contribution in [1.29, 1.82) is 0 Å². The van der Waals surface area contributed by atoms with E-state index in [0.29, 0.717) is 0 Å². The molecule has 5 rings (SSSR count). The number of allylic oxidation sites excluding steroid dienone is 6. The van der Waals surface area contributed by atoms with Crippen molar-refractivity contribution in [2.75, 3.05) is 0 Å². The van der Waals surface area contributed by atoms with Gasteiger partial charge in [0.25, 0.3) is 0 Å². The molecule has 1 unspecified atom stereocenters. The number of hydrogen-bond acceptors (Lipinski definition) is 0. The van der Waals surface area contributed by atoms with Crippen LogP contribution in [0.3, 0.4) is 0 Å². The number of fused-ring (bicyclic) bond motifs is 3. The molecular formula is C37H42Cl2Zr. The van der Waals surface area contributed by atoms with Crippen LogP contribution in [0, 0.1) is 13.8 Å². The maximum absolute atomic E-state index is 2.47. The van der Waals surface area contributed by atoms with Crippen LogP contribution in [-0.4, -0.2) is 0 Å². The molecule has 0 N–H and O–H groups in total. The first-order chi connectivity index (χ1) is 17.4. The molecule has 3 heteroatoms. The maximum Gasteiger partial charge on any atom is 2.00 e. The monoisotopic (exact) mass is 646 g/mol. The van der Waals surface area contributed by atoms with E-state index < -0.39 is 0 Å². The third kappa shape index (κ3) is 6.23. The standard InChI is InChI=1S/C37H42.2ClH.Zr/c1-23(2)22-37(8,9)27-16-17-29-26(20-27)21-33-31(29)18-19-34(36(5,6)7)35(33)32-15-11-14-30(32)28-13-10-12-24(3)25(28)4;;;/h10-20,22,32H,21H2,1-9H3;2*1H;/q;;;+2/p-2. The Morgan fingerprint density at radius 3 is 2.17 bits per heavy atom. The van der Waals surface area contributed by atoms with E-state index in [9.17, 15) is 0 Å². The van der Waals surface area contributed by atoms with Crippen molar-refractivity contribution >= 4 is 5.57 Å². The average molecular weight is 649 g/mol. The van der Waals surface area contributed by atoms with Gasteiger partial charge in [0, 0.05) is 11.3 Å². The summed E-state index contributed by atoms with van der Waals surface area (Å²) >= 11 is 0. The van der Waals surface area contributed by atoms with Crippen molar-refractivity contribution in [3.8, 4) is 11.1 Å². The second-order valence-electron chi connectivity index (χ2n) is 13.0. The SMILES string of the molecule is CC(C)=CC(C)(C)c1ccc2c(c1)Cc1c-2ccc(C(C)(C)C)c1C1C=CC=C1c1cccc(C)c1C.[Cl-].[Cl-].[Zr+2]. The third-order valence-electron chi connectivity index (χ3n) is 8.46. The Balaban J connectivity index is 0.00000187. The summed E-state index contributed by atoms with van der Waals surface area (Å²) in [6.07, 6.45) is 10.4. The number of hydrogen-bond donors (Lipinski definition) is 0. The number of halogens is 2. The van der Waals surface area contributed by atoms with Gasteiger partial charge in [0.05, 0.1) is 0 Å². The Morgan fingerprint density at radius 2 is 1.52 bits per heavy atom. The zero-order valence-electron chi connectivity index (χ0n) is 25.5. The van der Waals surface area contributed by atoms with Gasteiger partial charge >= 0.3 is 26.2 Å². The quantitative estimate of drug-likeness (QED) is 0.292. The minimum Gasteiger partial charge on any atom is -1.00 e. The summed E-state index contributed by atoms with van der Waals surface area (Å²) in [5.41, 5.74) is 17.2. The van der Waals surface area contributed by atoms with Crippen molar-refractivity contribution in [3.05, 3.63) is 123 Å². The van der Waals surface area contributed by atoms with Crippen LogP contribution in [0.5, 0.6) is 0 Å². The first-order valence-corrected chi connectivity index (χ1v) is 13.8. The molecule has 3 aromatic carbocycles. The van der Waals surface area contributed by atoms with E-state index in [1.807, 2.05) is 0 Å². The fourth-order valence-electron chi connectivity index (χ4n) is 6.57. The van der Waals surface area contributed by atoms with Gasteiger partial charge in [-0.2, -0.15) is 0 Å². The second-order valence-corrected chi connectivity index (χ2v) is 13.0. The topological polar surface area (TPSA) is 0 Å². The molecule has 2 aliphatic rings. The van der Waals surface area contributed by atoms with Crippen molar-refractivity contribution in [1.82, 2.24) is 0 Å². The average Bonchev–Trinajstić information content (AvgIpc) is 3.43. The molecule has 0 nitrogen and oxygen atoms in total. The molecule has 0 spiro atoms. The van der Waals surface area contributed by atoms with Gasteiger partial charge in [-0.1, -0.05) is 113 Å². The largest absolute Gasteiger partial charge is 2.00 e. The summed E-state index contributed by atoms with van der Waals surface area (Å²) < 4.78 is 0. The minimum absolute atomic E-state index is 0. The Bertz CT molecular complexity index is 1490. The van der Waals surface area contributed by atoms with Crippen molar-refractivity contribution in [2.45, 2.75) is 85.5 Å². The number of benzene rings is 3. The summed E-state index contributed by atoms with van der Waals surface area (Å²) in [7, 11) is 0. The van der Waals surface area contributed by atoms with E-state index in [1.165, 1.54) is 66.8 Å². The fraction of sp³-hybridized carbons (Fsp3) is 0.351. The summed E-state index contributed by atoms with van der Waals surface area (Å²) in [6.45, 7) is 20.6. The molecule has 0 saturated carbocycles. The predicted molar refractivity (Wildman–Crippen MR) is 162 cm³/mol. The second kappa shape index (κ2) is 12.7. The van der Waals surface area contributed by atoms with Crippen LogP contribution in [0.1, 0.15) is 98.9 Å². The van der Waals surface area contributed by atoms with E-state index in [4.69, 9.17) is 0 Å². The Kier molecular flexibility index (Phi) is 11.0. The summed E-state index contributed by atoms with van der Waals surface area (Å²) in [5, 5.41) is 0. The van der Waals surface area contributed by atoms with Crippen LogP contribution in [0.15, 0.2) is 78.4 Å². The third-order valence-corrected chi connectivity index (χ3v) is 8.46. The van der Waals surface area contributed by atoms with Crippen molar-refractivity contribution in [3.63, 3.8) is 0 Å². The van der Waals surface area contributed by atoms with E-state index in [0.717, 1.165) is 6.42 Å². The molecule has 0 fully saturated rings. The summed E-state index contributed by atoms with van der Waals surface area (Å²) in [6, 6.07) is 18.7. The molecule has 40 heavy (non-hydrogen) atoms. The summed E-state index contributed by atoms with van der Waals surface area (Å²) in [4.78, 5) is 0. The Labute approximate surface area is 274 Å². The molecule has 208 valence electrons. The Morgan fingerprint density at radius 1 is 0.850 bits per heavy atom. The minimum atomic E-state index is 0. The molecule has 0 aliphatic heterocycles. The number of rotatable bonds is 4. The molecule has 0 bridgehead atoms. The molecule has 2 aliphatic carbocycles. The van der Waals surface area contributed by atoms with Crippen molar-refractivity contribution in [2.24, 2.45) is 0 Å². The smallest absolute Gasteiger partial charge is 1.00 e. The normalized spacial score (nSPS) is 15.2. The van der Waals surface area contributed by atoms with Gasteiger partial charge in [0.15, 0.2) is 0 Å².